The fourth-order valence-electron chi connectivity index (χ4n) is 1.41. The molecule has 0 aromatic heterocycles. The van der Waals surface area contributed by atoms with Gasteiger partial charge >= 0.3 is 5.97 Å². The number of rotatable bonds is 2. The summed E-state index contributed by atoms with van der Waals surface area (Å²) >= 11 is 0. The number of hydrogen-bond donors (Lipinski definition) is 2. The molecule has 2 rings (SSSR count). The second-order valence-corrected chi connectivity index (χ2v) is 3.33. The maximum atomic E-state index is 12.9. The summed E-state index contributed by atoms with van der Waals surface area (Å²) in [6, 6.07) is 3.64. The van der Waals surface area contributed by atoms with E-state index in [0.717, 1.165) is 6.07 Å². The van der Waals surface area contributed by atoms with Crippen molar-refractivity contribution in [2.45, 2.75) is 12.5 Å². The van der Waals surface area contributed by atoms with Crippen molar-refractivity contribution in [2.75, 3.05) is 5.32 Å². The van der Waals surface area contributed by atoms with E-state index >= 15 is 0 Å². The third kappa shape index (κ3) is 1.95. The highest BCUT2D eigenvalue weighted by Gasteiger charge is 2.29. The quantitative estimate of drug-likeness (QED) is 0.787. The lowest BCUT2D eigenvalue weighted by Crippen LogP contribution is -2.38. The molecule has 16 heavy (non-hydrogen) atoms. The van der Waals surface area contributed by atoms with Crippen molar-refractivity contribution in [3.8, 4) is 5.75 Å². The molecule has 0 fully saturated rings. The number of carboxylic acid groups (broad SMARTS) is 1. The summed E-state index contributed by atoms with van der Waals surface area (Å²) in [5.74, 6) is -2.06. The van der Waals surface area contributed by atoms with Gasteiger partial charge in [-0.3, -0.25) is 9.59 Å². The van der Waals surface area contributed by atoms with Crippen LogP contribution in [0.1, 0.15) is 6.42 Å². The van der Waals surface area contributed by atoms with Crippen LogP contribution >= 0.6 is 0 Å². The third-order valence-corrected chi connectivity index (χ3v) is 2.12. The number of benzene rings is 1. The monoisotopic (exact) mass is 225 g/mol. The zero-order chi connectivity index (χ0) is 11.7. The highest BCUT2D eigenvalue weighted by Crippen LogP contribution is 2.30. The molecule has 1 aromatic carbocycles. The first-order valence-corrected chi connectivity index (χ1v) is 4.55. The van der Waals surface area contributed by atoms with E-state index in [4.69, 9.17) is 9.84 Å². The van der Waals surface area contributed by atoms with Gasteiger partial charge in [0.1, 0.15) is 11.6 Å². The Kier molecular flexibility index (Phi) is 2.47. The fraction of sp³-hybridized carbons (Fsp3) is 0.200. The van der Waals surface area contributed by atoms with Crippen LogP contribution in [0.25, 0.3) is 0 Å². The first-order valence-electron chi connectivity index (χ1n) is 4.55. The van der Waals surface area contributed by atoms with E-state index in [-0.39, 0.29) is 5.75 Å². The van der Waals surface area contributed by atoms with Crippen molar-refractivity contribution < 1.29 is 23.8 Å². The largest absolute Gasteiger partial charge is 0.481 e. The topological polar surface area (TPSA) is 75.6 Å². The molecule has 1 atom stereocenters. The number of anilines is 1. The Bertz CT molecular complexity index is 460. The van der Waals surface area contributed by atoms with Gasteiger partial charge in [-0.05, 0) is 12.1 Å². The van der Waals surface area contributed by atoms with Crippen LogP contribution in [0.3, 0.4) is 0 Å². The van der Waals surface area contributed by atoms with Gasteiger partial charge in [0.05, 0.1) is 12.1 Å². The van der Waals surface area contributed by atoms with Crippen molar-refractivity contribution >= 4 is 17.6 Å². The van der Waals surface area contributed by atoms with Gasteiger partial charge in [0.2, 0.25) is 0 Å². The number of carbonyl (C=O) groups is 2. The highest BCUT2D eigenvalue weighted by atomic mass is 19.1. The summed E-state index contributed by atoms with van der Waals surface area (Å²) in [5.41, 5.74) is 0.341. The average molecular weight is 225 g/mol. The standard InChI is InChI=1S/C10H8FNO4/c11-5-1-2-6-7(3-5)16-8(4-9(13)14)10(15)12-6/h1-3,8H,4H2,(H,12,15)(H,13,14). The Morgan fingerprint density at radius 2 is 2.31 bits per heavy atom. The number of hydrogen-bond acceptors (Lipinski definition) is 3. The maximum absolute atomic E-state index is 12.9. The van der Waals surface area contributed by atoms with E-state index in [1.165, 1.54) is 12.1 Å². The number of fused-ring (bicyclic) bond motifs is 1. The third-order valence-electron chi connectivity index (χ3n) is 2.12. The Morgan fingerprint density at radius 1 is 1.56 bits per heavy atom. The number of carbonyl (C=O) groups excluding carboxylic acids is 1. The van der Waals surface area contributed by atoms with E-state index in [2.05, 4.69) is 5.32 Å². The van der Waals surface area contributed by atoms with E-state index in [0.29, 0.717) is 5.69 Å². The fourth-order valence-corrected chi connectivity index (χ4v) is 1.41. The highest BCUT2D eigenvalue weighted by molar-refractivity contribution is 5.99. The van der Waals surface area contributed by atoms with Gasteiger partial charge in [-0.25, -0.2) is 4.39 Å². The van der Waals surface area contributed by atoms with Crippen molar-refractivity contribution in [3.05, 3.63) is 24.0 Å². The number of carboxylic acids is 1. The summed E-state index contributed by atoms with van der Waals surface area (Å²) in [4.78, 5) is 21.8. The number of amides is 1. The van der Waals surface area contributed by atoms with Gasteiger partial charge in [-0.1, -0.05) is 0 Å². The van der Waals surface area contributed by atoms with Crippen LogP contribution in [-0.4, -0.2) is 23.1 Å². The smallest absolute Gasteiger partial charge is 0.307 e. The number of aliphatic carboxylic acids is 1. The molecule has 1 unspecified atom stereocenters. The van der Waals surface area contributed by atoms with Crippen LogP contribution in [0.4, 0.5) is 10.1 Å². The van der Waals surface area contributed by atoms with Crippen molar-refractivity contribution in [2.24, 2.45) is 0 Å². The summed E-state index contributed by atoms with van der Waals surface area (Å²) < 4.78 is 18.0. The zero-order valence-corrected chi connectivity index (χ0v) is 8.07. The van der Waals surface area contributed by atoms with Crippen molar-refractivity contribution in [3.63, 3.8) is 0 Å². The Hall–Kier alpha value is -2.11. The lowest BCUT2D eigenvalue weighted by atomic mass is 10.1. The van der Waals surface area contributed by atoms with Crippen LogP contribution in [-0.2, 0) is 9.59 Å². The molecule has 0 saturated carbocycles. The van der Waals surface area contributed by atoms with Crippen LogP contribution in [0.5, 0.6) is 5.75 Å². The molecule has 1 aromatic rings. The van der Waals surface area contributed by atoms with Crippen LogP contribution in [0.15, 0.2) is 18.2 Å². The van der Waals surface area contributed by atoms with Gasteiger partial charge < -0.3 is 15.2 Å². The number of halogens is 1. The molecule has 5 nitrogen and oxygen atoms in total. The molecular formula is C10H8FNO4. The minimum Gasteiger partial charge on any atom is -0.481 e. The first kappa shape index (κ1) is 10.4. The Labute approximate surface area is 89.8 Å². The van der Waals surface area contributed by atoms with E-state index in [1.807, 2.05) is 0 Å². The molecule has 0 bridgehead atoms. The minimum atomic E-state index is -1.15. The summed E-state index contributed by atoms with van der Waals surface area (Å²) in [6.45, 7) is 0. The lowest BCUT2D eigenvalue weighted by Gasteiger charge is -2.24. The van der Waals surface area contributed by atoms with Gasteiger partial charge in [0.15, 0.2) is 6.10 Å². The Balaban J connectivity index is 2.26. The van der Waals surface area contributed by atoms with Gasteiger partial charge in [0.25, 0.3) is 5.91 Å². The van der Waals surface area contributed by atoms with Crippen LogP contribution in [0, 0.1) is 5.82 Å². The van der Waals surface area contributed by atoms with Crippen LogP contribution in [0.2, 0.25) is 0 Å². The van der Waals surface area contributed by atoms with Crippen molar-refractivity contribution in [1.82, 2.24) is 0 Å². The molecule has 2 N–H and O–H groups in total. The predicted molar refractivity (Wildman–Crippen MR) is 51.7 cm³/mol. The predicted octanol–water partition coefficient (Wildman–Crippen LogP) is 1.000. The molecule has 1 amide bonds. The van der Waals surface area contributed by atoms with E-state index in [9.17, 15) is 14.0 Å². The molecule has 1 aliphatic rings. The molecule has 0 saturated heterocycles. The van der Waals surface area contributed by atoms with E-state index in [1.54, 1.807) is 0 Å². The first-order chi connectivity index (χ1) is 7.56. The van der Waals surface area contributed by atoms with E-state index < -0.39 is 30.2 Å². The molecule has 0 spiro atoms. The second-order valence-electron chi connectivity index (χ2n) is 3.33. The maximum Gasteiger partial charge on any atom is 0.307 e. The van der Waals surface area contributed by atoms with Gasteiger partial charge in [0, 0.05) is 6.07 Å². The molecule has 1 heterocycles. The van der Waals surface area contributed by atoms with Crippen molar-refractivity contribution in [1.29, 1.82) is 0 Å². The summed E-state index contributed by atoms with van der Waals surface area (Å²) in [6.07, 6.45) is -1.58. The Morgan fingerprint density at radius 3 is 3.00 bits per heavy atom. The van der Waals surface area contributed by atoms with Gasteiger partial charge in [-0.2, -0.15) is 0 Å². The molecule has 84 valence electrons. The normalized spacial score (nSPS) is 18.3. The summed E-state index contributed by atoms with van der Waals surface area (Å²) in [7, 11) is 0. The molecule has 6 heteroatoms. The molecular weight excluding hydrogens is 217 g/mol. The number of nitrogens with one attached hydrogen (secondary N) is 1. The molecule has 0 radical (unpaired) electrons. The minimum absolute atomic E-state index is 0.144. The lowest BCUT2D eigenvalue weighted by molar-refractivity contribution is -0.142. The molecule has 0 aliphatic carbocycles. The number of ether oxygens (including phenoxy) is 1. The van der Waals surface area contributed by atoms with Crippen LogP contribution < -0.4 is 10.1 Å². The second kappa shape index (κ2) is 3.80. The molecule has 1 aliphatic heterocycles. The SMILES string of the molecule is O=C(O)CC1Oc2cc(F)ccc2NC1=O. The average Bonchev–Trinajstić information content (AvgIpc) is 2.19. The van der Waals surface area contributed by atoms with Gasteiger partial charge in [-0.15, -0.1) is 0 Å². The zero-order valence-electron chi connectivity index (χ0n) is 8.07. The summed E-state index contributed by atoms with van der Waals surface area (Å²) in [5, 5.41) is 11.0.